The van der Waals surface area contributed by atoms with Crippen LogP contribution < -0.4 is 5.73 Å². The monoisotopic (exact) mass is 324 g/mol. The van der Waals surface area contributed by atoms with E-state index in [1.807, 2.05) is 11.8 Å². The molecule has 0 bridgehead atoms. The lowest BCUT2D eigenvalue weighted by molar-refractivity contribution is -0.135. The fraction of sp³-hybridized carbons (Fsp3) is 0.611. The molecule has 0 aromatic heterocycles. The van der Waals surface area contributed by atoms with Crippen LogP contribution >= 0.6 is 12.4 Å². The number of hydrogen-bond donors (Lipinski definition) is 1. The summed E-state index contributed by atoms with van der Waals surface area (Å²) >= 11 is 0. The molecule has 4 heteroatoms. The molecule has 1 aromatic rings. The van der Waals surface area contributed by atoms with Crippen molar-refractivity contribution in [3.05, 3.63) is 35.4 Å². The maximum absolute atomic E-state index is 12.5. The number of nitrogens with zero attached hydrogens (tertiary/aromatic N) is 1. The minimum atomic E-state index is 0. The maximum atomic E-state index is 12.5. The number of piperidine rings is 1. The van der Waals surface area contributed by atoms with Gasteiger partial charge in [0.15, 0.2) is 0 Å². The van der Waals surface area contributed by atoms with Crippen molar-refractivity contribution in [1.82, 2.24) is 4.90 Å². The van der Waals surface area contributed by atoms with E-state index in [0.717, 1.165) is 32.2 Å². The number of aryl methyl sites for hydroxylation is 2. The third-order valence-corrected chi connectivity index (χ3v) is 4.54. The number of nitrogens with two attached hydrogens (primary N) is 1. The highest BCUT2D eigenvalue weighted by Gasteiger charge is 2.28. The van der Waals surface area contributed by atoms with Crippen molar-refractivity contribution in [3.63, 3.8) is 0 Å². The smallest absolute Gasteiger partial charge is 0.223 e. The Labute approximate surface area is 140 Å². The van der Waals surface area contributed by atoms with Crippen LogP contribution in [0.1, 0.15) is 50.7 Å². The number of amides is 1. The Hall–Kier alpha value is -1.06. The fourth-order valence-corrected chi connectivity index (χ4v) is 3.15. The van der Waals surface area contributed by atoms with Gasteiger partial charge in [0.1, 0.15) is 0 Å². The van der Waals surface area contributed by atoms with Crippen molar-refractivity contribution in [2.75, 3.05) is 6.54 Å². The lowest BCUT2D eigenvalue weighted by Crippen LogP contribution is -2.51. The highest BCUT2D eigenvalue weighted by atomic mass is 35.5. The average molecular weight is 325 g/mol. The number of carbonyl (C=O) groups excluding carboxylic acids is 1. The van der Waals surface area contributed by atoms with Gasteiger partial charge in [-0.3, -0.25) is 4.79 Å². The molecule has 0 aliphatic carbocycles. The summed E-state index contributed by atoms with van der Waals surface area (Å²) < 4.78 is 0. The van der Waals surface area contributed by atoms with Gasteiger partial charge in [0, 0.05) is 25.0 Å². The van der Waals surface area contributed by atoms with Gasteiger partial charge >= 0.3 is 0 Å². The summed E-state index contributed by atoms with van der Waals surface area (Å²) in [6, 6.07) is 8.90. The Morgan fingerprint density at radius 1 is 1.27 bits per heavy atom. The van der Waals surface area contributed by atoms with E-state index in [2.05, 4.69) is 31.2 Å². The van der Waals surface area contributed by atoms with Gasteiger partial charge in [-0.25, -0.2) is 0 Å². The summed E-state index contributed by atoms with van der Waals surface area (Å²) in [7, 11) is 0. The van der Waals surface area contributed by atoms with Crippen molar-refractivity contribution in [2.24, 2.45) is 5.73 Å². The number of likely N-dealkylation sites (tertiary alicyclic amines) is 1. The standard InChI is InChI=1S/C18H28N2O.ClH/c1-3-15-7-9-16(10-8-15)11-12-18(21)20-13-5-4-6-17(20)14(2)19;/h7-10,14,17H,3-6,11-13,19H2,1-2H3;1H. The van der Waals surface area contributed by atoms with E-state index in [4.69, 9.17) is 5.73 Å². The second-order valence-corrected chi connectivity index (χ2v) is 6.18. The Morgan fingerprint density at radius 2 is 1.91 bits per heavy atom. The molecule has 1 aromatic carbocycles. The fourth-order valence-electron chi connectivity index (χ4n) is 3.15. The third-order valence-electron chi connectivity index (χ3n) is 4.54. The first-order valence-electron chi connectivity index (χ1n) is 8.24. The van der Waals surface area contributed by atoms with Crippen molar-refractivity contribution < 1.29 is 4.79 Å². The molecule has 1 aliphatic rings. The second kappa shape index (κ2) is 9.16. The molecule has 0 radical (unpaired) electrons. The molecule has 1 fully saturated rings. The molecule has 1 heterocycles. The van der Waals surface area contributed by atoms with Gasteiger partial charge in [-0.05, 0) is 50.2 Å². The molecule has 1 aliphatic heterocycles. The summed E-state index contributed by atoms with van der Waals surface area (Å²) in [6.07, 6.45) is 5.83. The largest absolute Gasteiger partial charge is 0.338 e. The topological polar surface area (TPSA) is 46.3 Å². The van der Waals surface area contributed by atoms with Crippen LogP contribution in [-0.2, 0) is 17.6 Å². The van der Waals surface area contributed by atoms with Crippen LogP contribution in [0.3, 0.4) is 0 Å². The van der Waals surface area contributed by atoms with Crippen molar-refractivity contribution >= 4 is 18.3 Å². The molecular formula is C18H29ClN2O. The quantitative estimate of drug-likeness (QED) is 0.903. The number of hydrogen-bond acceptors (Lipinski definition) is 2. The number of benzene rings is 1. The molecule has 2 unspecified atom stereocenters. The number of carbonyl (C=O) groups is 1. The zero-order valence-corrected chi connectivity index (χ0v) is 14.6. The number of halogens is 1. The Morgan fingerprint density at radius 3 is 2.50 bits per heavy atom. The molecule has 22 heavy (non-hydrogen) atoms. The third kappa shape index (κ3) is 4.99. The van der Waals surface area contributed by atoms with Crippen LogP contribution in [-0.4, -0.2) is 29.4 Å². The van der Waals surface area contributed by atoms with Crippen LogP contribution in [0.2, 0.25) is 0 Å². The van der Waals surface area contributed by atoms with Crippen LogP contribution in [0.5, 0.6) is 0 Å². The Balaban J connectivity index is 0.00000242. The summed E-state index contributed by atoms with van der Waals surface area (Å²) in [6.45, 7) is 5.04. The van der Waals surface area contributed by atoms with E-state index in [1.165, 1.54) is 17.5 Å². The molecule has 0 saturated carbocycles. The highest BCUT2D eigenvalue weighted by molar-refractivity contribution is 5.85. The van der Waals surface area contributed by atoms with E-state index >= 15 is 0 Å². The molecule has 2 rings (SSSR count). The van der Waals surface area contributed by atoms with Crippen molar-refractivity contribution in [1.29, 1.82) is 0 Å². The van der Waals surface area contributed by atoms with Gasteiger partial charge in [0.25, 0.3) is 0 Å². The zero-order valence-electron chi connectivity index (χ0n) is 13.8. The van der Waals surface area contributed by atoms with E-state index < -0.39 is 0 Å². The Bertz CT molecular complexity index is 459. The van der Waals surface area contributed by atoms with E-state index in [1.54, 1.807) is 0 Å². The SMILES string of the molecule is CCc1ccc(CCC(=O)N2CCCCC2C(C)N)cc1.Cl. The van der Waals surface area contributed by atoms with Crippen molar-refractivity contribution in [3.8, 4) is 0 Å². The average Bonchev–Trinajstić information content (AvgIpc) is 2.53. The van der Waals surface area contributed by atoms with E-state index in [-0.39, 0.29) is 30.4 Å². The van der Waals surface area contributed by atoms with Gasteiger partial charge in [-0.1, -0.05) is 31.2 Å². The van der Waals surface area contributed by atoms with Gasteiger partial charge in [0.2, 0.25) is 5.91 Å². The molecular weight excluding hydrogens is 296 g/mol. The minimum Gasteiger partial charge on any atom is -0.338 e. The Kier molecular flexibility index (Phi) is 7.91. The predicted octanol–water partition coefficient (Wildman–Crippen LogP) is 3.33. The molecule has 1 amide bonds. The van der Waals surface area contributed by atoms with Crippen molar-refractivity contribution in [2.45, 2.75) is 64.5 Å². The van der Waals surface area contributed by atoms with E-state index in [0.29, 0.717) is 6.42 Å². The summed E-state index contributed by atoms with van der Waals surface area (Å²) in [5.74, 6) is 0.261. The van der Waals surface area contributed by atoms with Gasteiger partial charge in [-0.2, -0.15) is 0 Å². The molecule has 2 N–H and O–H groups in total. The highest BCUT2D eigenvalue weighted by Crippen LogP contribution is 2.20. The van der Waals surface area contributed by atoms with Gasteiger partial charge in [-0.15, -0.1) is 12.4 Å². The molecule has 3 nitrogen and oxygen atoms in total. The van der Waals surface area contributed by atoms with Gasteiger partial charge in [0.05, 0.1) is 0 Å². The summed E-state index contributed by atoms with van der Waals surface area (Å²) in [5.41, 5.74) is 8.63. The minimum absolute atomic E-state index is 0. The lowest BCUT2D eigenvalue weighted by atomic mass is 9.96. The summed E-state index contributed by atoms with van der Waals surface area (Å²) in [5, 5.41) is 0. The van der Waals surface area contributed by atoms with Crippen LogP contribution in [0.25, 0.3) is 0 Å². The normalized spacial score (nSPS) is 19.4. The van der Waals surface area contributed by atoms with Crippen LogP contribution in [0.4, 0.5) is 0 Å². The number of rotatable bonds is 5. The van der Waals surface area contributed by atoms with Crippen LogP contribution in [0.15, 0.2) is 24.3 Å². The van der Waals surface area contributed by atoms with E-state index in [9.17, 15) is 4.79 Å². The van der Waals surface area contributed by atoms with Crippen LogP contribution in [0, 0.1) is 0 Å². The molecule has 0 spiro atoms. The first kappa shape index (κ1) is 19.0. The molecule has 2 atom stereocenters. The summed E-state index contributed by atoms with van der Waals surface area (Å²) in [4.78, 5) is 14.5. The maximum Gasteiger partial charge on any atom is 0.223 e. The zero-order chi connectivity index (χ0) is 15.2. The lowest BCUT2D eigenvalue weighted by Gasteiger charge is -2.38. The predicted molar refractivity (Wildman–Crippen MR) is 94.4 cm³/mol. The first-order valence-corrected chi connectivity index (χ1v) is 8.24. The first-order chi connectivity index (χ1) is 10.1. The molecule has 1 saturated heterocycles. The molecule has 124 valence electrons. The second-order valence-electron chi connectivity index (χ2n) is 6.18. The van der Waals surface area contributed by atoms with Gasteiger partial charge < -0.3 is 10.6 Å².